The van der Waals surface area contributed by atoms with Crippen LogP contribution in [-0.2, 0) is 19.1 Å². The van der Waals surface area contributed by atoms with Crippen LogP contribution in [-0.4, -0.2) is 61.0 Å². The molecule has 1 aromatic carbocycles. The summed E-state index contributed by atoms with van der Waals surface area (Å²) in [5.41, 5.74) is 5.39. The highest BCUT2D eigenvalue weighted by atomic mass is 19.3. The number of alkyl halides is 2. The van der Waals surface area contributed by atoms with Crippen LogP contribution in [0.15, 0.2) is 18.2 Å². The van der Waals surface area contributed by atoms with Gasteiger partial charge in [-0.2, -0.15) is 0 Å². The molecular weight excluding hydrogens is 422 g/mol. The second-order valence-electron chi connectivity index (χ2n) is 8.64. The molecule has 1 atom stereocenters. The molecule has 8 nitrogen and oxygen atoms in total. The Morgan fingerprint density at radius 2 is 2.03 bits per heavy atom. The second-order valence-corrected chi connectivity index (χ2v) is 8.64. The molecule has 10 heteroatoms. The maximum Gasteiger partial charge on any atom is 0.265 e. The van der Waals surface area contributed by atoms with Crippen molar-refractivity contribution in [1.29, 1.82) is 0 Å². The number of halogens is 2. The van der Waals surface area contributed by atoms with Gasteiger partial charge < -0.3 is 20.7 Å². The van der Waals surface area contributed by atoms with Gasteiger partial charge in [0.15, 0.2) is 6.04 Å². The molecule has 1 aliphatic heterocycles. The van der Waals surface area contributed by atoms with E-state index in [1.54, 1.807) is 0 Å². The van der Waals surface area contributed by atoms with E-state index in [2.05, 4.69) is 5.32 Å². The molecule has 1 saturated carbocycles. The summed E-state index contributed by atoms with van der Waals surface area (Å²) in [6, 6.07) is 2.84. The van der Waals surface area contributed by atoms with Crippen LogP contribution in [0.5, 0.6) is 0 Å². The first kappa shape index (κ1) is 24.1. The van der Waals surface area contributed by atoms with Crippen molar-refractivity contribution in [2.24, 2.45) is 11.7 Å². The Morgan fingerprint density at radius 1 is 1.31 bits per heavy atom. The molecule has 0 spiro atoms. The third kappa shape index (κ3) is 5.42. The number of carbonyl (C=O) groups excluding carboxylic acids is 3. The number of anilines is 2. The fourth-order valence-corrected chi connectivity index (χ4v) is 4.08. The Bertz CT molecular complexity index is 860. The third-order valence-corrected chi connectivity index (χ3v) is 5.78. The lowest BCUT2D eigenvalue weighted by atomic mass is 9.89. The first-order chi connectivity index (χ1) is 15.2. The van der Waals surface area contributed by atoms with E-state index >= 15 is 0 Å². The molecule has 1 saturated heterocycles. The fraction of sp³-hybridized carbons (Fsp3) is 0.591. The zero-order chi connectivity index (χ0) is 23.4. The lowest BCUT2D eigenvalue weighted by Crippen LogP contribution is -2.58. The summed E-state index contributed by atoms with van der Waals surface area (Å²) in [6.45, 7) is 4.74. The Hall–Kier alpha value is -2.59. The number of hydrogen-bond donors (Lipinski definition) is 2. The minimum atomic E-state index is -2.86. The molecule has 1 aromatic rings. The van der Waals surface area contributed by atoms with Crippen molar-refractivity contribution in [1.82, 2.24) is 4.90 Å². The number of nitrogens with one attached hydrogen (secondary N) is 1. The van der Waals surface area contributed by atoms with Crippen molar-refractivity contribution < 1.29 is 27.9 Å². The molecule has 3 N–H and O–H groups in total. The van der Waals surface area contributed by atoms with Gasteiger partial charge in [0.1, 0.15) is 6.61 Å². The number of ether oxygens (including phenoxy) is 1. The molecule has 0 unspecified atom stereocenters. The van der Waals surface area contributed by atoms with E-state index in [9.17, 15) is 23.2 Å². The third-order valence-electron chi connectivity index (χ3n) is 5.78. The van der Waals surface area contributed by atoms with E-state index in [0.29, 0.717) is 6.54 Å². The average molecular weight is 453 g/mol. The lowest BCUT2D eigenvalue weighted by Gasteiger charge is -2.41. The Balaban J connectivity index is 1.84. The molecule has 176 valence electrons. The summed E-state index contributed by atoms with van der Waals surface area (Å²) in [5.74, 6) is -1.63. The van der Waals surface area contributed by atoms with Crippen molar-refractivity contribution in [3.63, 3.8) is 0 Å². The fourth-order valence-electron chi connectivity index (χ4n) is 4.08. The van der Waals surface area contributed by atoms with Gasteiger partial charge in [-0.15, -0.1) is 0 Å². The van der Waals surface area contributed by atoms with Gasteiger partial charge in [-0.05, 0) is 37.0 Å². The van der Waals surface area contributed by atoms with Gasteiger partial charge in [0, 0.05) is 30.4 Å². The van der Waals surface area contributed by atoms with Gasteiger partial charge in [-0.3, -0.25) is 19.3 Å². The number of benzene rings is 1. The van der Waals surface area contributed by atoms with E-state index in [4.69, 9.17) is 10.5 Å². The van der Waals surface area contributed by atoms with Gasteiger partial charge in [0.2, 0.25) is 5.91 Å². The number of nitrogens with zero attached hydrogens (tertiary/aromatic N) is 2. The molecule has 0 radical (unpaired) electrons. The quantitative estimate of drug-likeness (QED) is 0.560. The number of amides is 3. The molecule has 32 heavy (non-hydrogen) atoms. The number of hydrogen-bond acceptors (Lipinski definition) is 5. The van der Waals surface area contributed by atoms with Crippen LogP contribution in [0.1, 0.15) is 45.1 Å². The normalized spacial score (nSPS) is 18.2. The van der Waals surface area contributed by atoms with E-state index in [0.717, 1.165) is 25.3 Å². The minimum absolute atomic E-state index is 0.0775. The summed E-state index contributed by atoms with van der Waals surface area (Å²) in [6.07, 6.45) is -0.0912. The zero-order valence-electron chi connectivity index (χ0n) is 18.4. The van der Waals surface area contributed by atoms with Gasteiger partial charge in [-0.1, -0.05) is 20.3 Å². The van der Waals surface area contributed by atoms with Crippen LogP contribution in [0.3, 0.4) is 0 Å². The summed E-state index contributed by atoms with van der Waals surface area (Å²) < 4.78 is 32.6. The number of primary amides is 1. The van der Waals surface area contributed by atoms with E-state index in [1.165, 1.54) is 17.0 Å². The van der Waals surface area contributed by atoms with Gasteiger partial charge in [0.25, 0.3) is 18.2 Å². The Morgan fingerprint density at radius 3 is 2.56 bits per heavy atom. The second kappa shape index (κ2) is 10.4. The molecule has 0 aromatic heterocycles. The number of nitrogens with two attached hydrogens (primary N) is 1. The first-order valence-corrected chi connectivity index (χ1v) is 10.8. The number of carbonyl (C=O) groups is 3. The number of rotatable bonds is 9. The molecule has 1 aliphatic carbocycles. The summed E-state index contributed by atoms with van der Waals surface area (Å²) in [5, 5.41) is 2.57. The predicted molar refractivity (Wildman–Crippen MR) is 115 cm³/mol. The van der Waals surface area contributed by atoms with Crippen LogP contribution >= 0.6 is 0 Å². The predicted octanol–water partition coefficient (Wildman–Crippen LogP) is 2.29. The topological polar surface area (TPSA) is 105 Å². The summed E-state index contributed by atoms with van der Waals surface area (Å²) in [7, 11) is 0. The average Bonchev–Trinajstić information content (AvgIpc) is 2.66. The number of morpholine rings is 1. The van der Waals surface area contributed by atoms with Crippen LogP contribution in [0.2, 0.25) is 0 Å². The molecule has 0 bridgehead atoms. The monoisotopic (exact) mass is 452 g/mol. The lowest BCUT2D eigenvalue weighted by molar-refractivity contribution is -0.135. The van der Waals surface area contributed by atoms with E-state index in [-0.39, 0.29) is 48.7 Å². The van der Waals surface area contributed by atoms with Crippen LogP contribution in [0.4, 0.5) is 20.2 Å². The van der Waals surface area contributed by atoms with Crippen molar-refractivity contribution in [3.8, 4) is 0 Å². The van der Waals surface area contributed by atoms with Gasteiger partial charge in [0.05, 0.1) is 12.3 Å². The largest absolute Gasteiger partial charge is 0.370 e. The van der Waals surface area contributed by atoms with Crippen LogP contribution in [0.25, 0.3) is 0 Å². The molecule has 2 fully saturated rings. The molecule has 3 amide bonds. The van der Waals surface area contributed by atoms with Crippen molar-refractivity contribution >= 4 is 29.1 Å². The first-order valence-electron chi connectivity index (χ1n) is 10.8. The van der Waals surface area contributed by atoms with Gasteiger partial charge in [-0.25, -0.2) is 8.78 Å². The summed E-state index contributed by atoms with van der Waals surface area (Å²) in [4.78, 5) is 40.4. The zero-order valence-corrected chi connectivity index (χ0v) is 18.4. The van der Waals surface area contributed by atoms with Crippen LogP contribution in [0, 0.1) is 5.92 Å². The maximum absolute atomic E-state index is 13.8. The van der Waals surface area contributed by atoms with E-state index < -0.39 is 30.2 Å². The van der Waals surface area contributed by atoms with Crippen LogP contribution < -0.4 is 16.0 Å². The molecule has 2 aliphatic rings. The standard InChI is InChI=1S/C22H30F2N4O4/c1-13(2)11-28(15-4-3-5-15)19(21(25)30)22(31)26-14-6-7-17(16(10-14)20(23)24)27-8-9-32-12-18(27)29/h6-7,10,13,15,19-20H,3-5,8-9,11-12H2,1-2H3,(H2,25,30)(H,26,31)/t19-/m1/s1. The minimum Gasteiger partial charge on any atom is -0.370 e. The molecule has 1 heterocycles. The smallest absolute Gasteiger partial charge is 0.265 e. The van der Waals surface area contributed by atoms with Crippen molar-refractivity contribution in [3.05, 3.63) is 23.8 Å². The molecule has 3 rings (SSSR count). The Labute approximate surface area is 186 Å². The Kier molecular flexibility index (Phi) is 7.78. The highest BCUT2D eigenvalue weighted by Gasteiger charge is 2.38. The van der Waals surface area contributed by atoms with Gasteiger partial charge >= 0.3 is 0 Å². The van der Waals surface area contributed by atoms with Crippen molar-refractivity contribution in [2.45, 2.75) is 51.6 Å². The summed E-state index contributed by atoms with van der Waals surface area (Å²) >= 11 is 0. The van der Waals surface area contributed by atoms with Crippen molar-refractivity contribution in [2.75, 3.05) is 36.5 Å². The van der Waals surface area contributed by atoms with E-state index in [1.807, 2.05) is 18.7 Å². The molecular formula is C22H30F2N4O4. The highest BCUT2D eigenvalue weighted by molar-refractivity contribution is 6.09. The SMILES string of the molecule is CC(C)CN(C1CCC1)[C@H](C(N)=O)C(=O)Nc1ccc(N2CCOCC2=O)c(C(F)F)c1. The maximum atomic E-state index is 13.8. The highest BCUT2D eigenvalue weighted by Crippen LogP contribution is 2.33.